The van der Waals surface area contributed by atoms with Crippen LogP contribution in [-0.4, -0.2) is 20.8 Å². The summed E-state index contributed by atoms with van der Waals surface area (Å²) >= 11 is 0. The first-order valence-corrected chi connectivity index (χ1v) is 5.59. The molecule has 0 aliphatic heterocycles. The number of non-ortho nitro benzene ring substituents is 1. The topological polar surface area (TPSA) is 101 Å². The van der Waals surface area contributed by atoms with Crippen molar-refractivity contribution in [2.75, 3.05) is 5.32 Å². The third-order valence-corrected chi connectivity index (χ3v) is 2.45. The number of benzene rings is 1. The van der Waals surface area contributed by atoms with Crippen LogP contribution in [0.25, 0.3) is 0 Å². The van der Waals surface area contributed by atoms with E-state index in [1.165, 1.54) is 12.1 Å². The molecule has 2 aromatic rings. The summed E-state index contributed by atoms with van der Waals surface area (Å²) in [5.74, 6) is 0.0859. The van der Waals surface area contributed by atoms with Gasteiger partial charge in [-0.15, -0.1) is 0 Å². The molecule has 1 heterocycles. The van der Waals surface area contributed by atoms with E-state index in [9.17, 15) is 14.9 Å². The lowest BCUT2D eigenvalue weighted by Crippen LogP contribution is -2.15. The highest BCUT2D eigenvalue weighted by Gasteiger charge is 2.10. The van der Waals surface area contributed by atoms with Gasteiger partial charge in [0.25, 0.3) is 5.69 Å². The molecule has 7 nitrogen and oxygen atoms in total. The molecule has 0 atom stereocenters. The van der Waals surface area contributed by atoms with E-state index in [2.05, 4.69) is 15.3 Å². The second-order valence-electron chi connectivity index (χ2n) is 4.07. The Morgan fingerprint density at radius 2 is 2.32 bits per heavy atom. The Bertz CT molecular complexity index is 621. The van der Waals surface area contributed by atoms with Gasteiger partial charge in [-0.2, -0.15) is 0 Å². The van der Waals surface area contributed by atoms with Gasteiger partial charge in [-0.3, -0.25) is 20.2 Å². The summed E-state index contributed by atoms with van der Waals surface area (Å²) in [4.78, 5) is 28.7. The highest BCUT2D eigenvalue weighted by atomic mass is 16.6. The maximum Gasteiger partial charge on any atom is 0.269 e. The summed E-state index contributed by atoms with van der Waals surface area (Å²) in [6.07, 6.45) is 1.66. The van der Waals surface area contributed by atoms with Gasteiger partial charge in [-0.25, -0.2) is 4.98 Å². The Kier molecular flexibility index (Phi) is 3.56. The maximum atomic E-state index is 11.7. The number of aromatic amines is 1. The molecule has 0 bridgehead atoms. The number of nitro benzene ring substituents is 1. The van der Waals surface area contributed by atoms with E-state index in [4.69, 9.17) is 0 Å². The molecular weight excluding hydrogens is 248 g/mol. The predicted octanol–water partition coefficient (Wildman–Crippen LogP) is 1.81. The number of aromatic nitrogens is 2. The monoisotopic (exact) mass is 260 g/mol. The lowest BCUT2D eigenvalue weighted by molar-refractivity contribution is -0.384. The van der Waals surface area contributed by atoms with Crippen LogP contribution in [0.3, 0.4) is 0 Å². The molecule has 0 spiro atoms. The van der Waals surface area contributed by atoms with Crippen molar-refractivity contribution in [1.29, 1.82) is 0 Å². The van der Waals surface area contributed by atoms with Crippen LogP contribution in [0, 0.1) is 17.0 Å². The molecule has 2 N–H and O–H groups in total. The number of anilines is 1. The number of nitro groups is 1. The van der Waals surface area contributed by atoms with E-state index < -0.39 is 4.92 Å². The Morgan fingerprint density at radius 3 is 2.95 bits per heavy atom. The number of hydrogen-bond donors (Lipinski definition) is 2. The fourth-order valence-electron chi connectivity index (χ4n) is 1.62. The highest BCUT2D eigenvalue weighted by Crippen LogP contribution is 2.13. The van der Waals surface area contributed by atoms with Crippen LogP contribution in [0.4, 0.5) is 11.6 Å². The molecule has 0 radical (unpaired) electrons. The lowest BCUT2D eigenvalue weighted by Gasteiger charge is -2.02. The SMILES string of the molecule is Cc1cnc(NC(=O)Cc2cccc([N+](=O)[O-])c2)[nH]1. The van der Waals surface area contributed by atoms with Crippen LogP contribution in [0.15, 0.2) is 30.5 Å². The number of nitrogens with zero attached hydrogens (tertiary/aromatic N) is 2. The van der Waals surface area contributed by atoms with Crippen molar-refractivity contribution in [2.24, 2.45) is 0 Å². The summed E-state index contributed by atoms with van der Waals surface area (Å²) in [7, 11) is 0. The Hall–Kier alpha value is -2.70. The smallest absolute Gasteiger partial charge is 0.269 e. The third-order valence-electron chi connectivity index (χ3n) is 2.45. The number of aryl methyl sites for hydroxylation is 1. The number of rotatable bonds is 4. The molecule has 0 aliphatic rings. The summed E-state index contributed by atoms with van der Waals surface area (Å²) < 4.78 is 0. The van der Waals surface area contributed by atoms with Crippen molar-refractivity contribution >= 4 is 17.5 Å². The van der Waals surface area contributed by atoms with Gasteiger partial charge in [0.05, 0.1) is 11.3 Å². The van der Waals surface area contributed by atoms with Crippen molar-refractivity contribution in [1.82, 2.24) is 9.97 Å². The van der Waals surface area contributed by atoms with Crippen LogP contribution in [0.2, 0.25) is 0 Å². The Labute approximate surface area is 108 Å². The van der Waals surface area contributed by atoms with E-state index in [0.717, 1.165) is 5.69 Å². The minimum absolute atomic E-state index is 0.0286. The number of amides is 1. The van der Waals surface area contributed by atoms with Gasteiger partial charge in [0.2, 0.25) is 11.9 Å². The molecular formula is C12H12N4O3. The minimum atomic E-state index is -0.489. The number of nitrogens with one attached hydrogen (secondary N) is 2. The van der Waals surface area contributed by atoms with Gasteiger partial charge in [-0.05, 0) is 12.5 Å². The van der Waals surface area contributed by atoms with Crippen molar-refractivity contribution in [2.45, 2.75) is 13.3 Å². The molecule has 0 saturated carbocycles. The van der Waals surface area contributed by atoms with Crippen molar-refractivity contribution in [3.05, 3.63) is 51.8 Å². The zero-order chi connectivity index (χ0) is 13.8. The molecule has 1 amide bonds. The number of hydrogen-bond acceptors (Lipinski definition) is 4. The average Bonchev–Trinajstić information content (AvgIpc) is 2.74. The maximum absolute atomic E-state index is 11.7. The normalized spacial score (nSPS) is 10.2. The van der Waals surface area contributed by atoms with Gasteiger partial charge in [0.15, 0.2) is 0 Å². The summed E-state index contributed by atoms with van der Waals surface area (Å²) in [5, 5.41) is 13.2. The third kappa shape index (κ3) is 3.38. The Balaban J connectivity index is 2.02. The number of carbonyl (C=O) groups is 1. The van der Waals surface area contributed by atoms with Crippen LogP contribution < -0.4 is 5.32 Å². The van der Waals surface area contributed by atoms with Gasteiger partial charge in [0, 0.05) is 24.0 Å². The fraction of sp³-hybridized carbons (Fsp3) is 0.167. The largest absolute Gasteiger partial charge is 0.328 e. The molecule has 19 heavy (non-hydrogen) atoms. The van der Waals surface area contributed by atoms with E-state index in [1.807, 2.05) is 6.92 Å². The van der Waals surface area contributed by atoms with Crippen molar-refractivity contribution in [3.63, 3.8) is 0 Å². The Morgan fingerprint density at radius 1 is 1.53 bits per heavy atom. The number of H-pyrrole nitrogens is 1. The van der Waals surface area contributed by atoms with Crippen LogP contribution in [-0.2, 0) is 11.2 Å². The van der Waals surface area contributed by atoms with Crippen LogP contribution >= 0.6 is 0 Å². The van der Waals surface area contributed by atoms with Crippen molar-refractivity contribution in [3.8, 4) is 0 Å². The summed E-state index contributed by atoms with van der Waals surface area (Å²) in [6, 6.07) is 5.99. The lowest BCUT2D eigenvalue weighted by atomic mass is 10.1. The fourth-order valence-corrected chi connectivity index (χ4v) is 1.62. The quantitative estimate of drug-likeness (QED) is 0.646. The van der Waals surface area contributed by atoms with Crippen molar-refractivity contribution < 1.29 is 9.72 Å². The van der Waals surface area contributed by atoms with Crippen LogP contribution in [0.1, 0.15) is 11.3 Å². The van der Waals surface area contributed by atoms with Gasteiger partial charge in [0.1, 0.15) is 0 Å². The summed E-state index contributed by atoms with van der Waals surface area (Å²) in [6.45, 7) is 1.82. The van der Waals surface area contributed by atoms with E-state index in [1.54, 1.807) is 18.3 Å². The molecule has 0 aliphatic carbocycles. The molecule has 2 rings (SSSR count). The van der Waals surface area contributed by atoms with Gasteiger partial charge >= 0.3 is 0 Å². The summed E-state index contributed by atoms with van der Waals surface area (Å²) in [5.41, 5.74) is 1.39. The molecule has 7 heteroatoms. The van der Waals surface area contributed by atoms with E-state index in [0.29, 0.717) is 11.5 Å². The molecule has 1 aromatic heterocycles. The van der Waals surface area contributed by atoms with E-state index in [-0.39, 0.29) is 18.0 Å². The first-order valence-electron chi connectivity index (χ1n) is 5.59. The molecule has 98 valence electrons. The van der Waals surface area contributed by atoms with Gasteiger partial charge in [-0.1, -0.05) is 12.1 Å². The first kappa shape index (κ1) is 12.7. The second-order valence-corrected chi connectivity index (χ2v) is 4.07. The predicted molar refractivity (Wildman–Crippen MR) is 68.8 cm³/mol. The molecule has 0 fully saturated rings. The molecule has 0 unspecified atom stereocenters. The zero-order valence-corrected chi connectivity index (χ0v) is 10.2. The van der Waals surface area contributed by atoms with Crippen LogP contribution in [0.5, 0.6) is 0 Å². The standard InChI is InChI=1S/C12H12N4O3/c1-8-7-13-12(14-8)15-11(17)6-9-3-2-4-10(5-9)16(18)19/h2-5,7H,6H2,1H3,(H2,13,14,15,17). The number of imidazole rings is 1. The minimum Gasteiger partial charge on any atom is -0.328 e. The van der Waals surface area contributed by atoms with E-state index >= 15 is 0 Å². The molecule has 0 saturated heterocycles. The second kappa shape index (κ2) is 5.30. The average molecular weight is 260 g/mol. The number of carbonyl (C=O) groups excluding carboxylic acids is 1. The highest BCUT2D eigenvalue weighted by molar-refractivity contribution is 5.90. The first-order chi connectivity index (χ1) is 9.04. The molecule has 1 aromatic carbocycles. The zero-order valence-electron chi connectivity index (χ0n) is 10.2. The van der Waals surface area contributed by atoms with Gasteiger partial charge < -0.3 is 4.98 Å².